The van der Waals surface area contributed by atoms with Crippen LogP contribution in [0.3, 0.4) is 0 Å². The lowest BCUT2D eigenvalue weighted by Crippen LogP contribution is -2.38. The summed E-state index contributed by atoms with van der Waals surface area (Å²) < 4.78 is 0. The highest BCUT2D eigenvalue weighted by Crippen LogP contribution is 2.18. The normalized spacial score (nSPS) is 11.2. The SMILES string of the molecule is CCNC(=NCc1ccc(CC)s1)NCCc1nc(C)c(C)s1.I. The predicted octanol–water partition coefficient (Wildman–Crippen LogP) is 4.30. The molecule has 2 heterocycles. The maximum atomic E-state index is 4.67. The molecule has 7 heteroatoms. The zero-order chi connectivity index (χ0) is 16.7. The molecule has 0 atom stereocenters. The Labute approximate surface area is 170 Å². The van der Waals surface area contributed by atoms with Crippen LogP contribution in [0.15, 0.2) is 17.1 Å². The minimum Gasteiger partial charge on any atom is -0.357 e. The van der Waals surface area contributed by atoms with Gasteiger partial charge >= 0.3 is 0 Å². The Bertz CT molecular complexity index is 629. The first-order chi connectivity index (χ1) is 11.1. The van der Waals surface area contributed by atoms with Gasteiger partial charge in [0.05, 0.1) is 17.2 Å². The Morgan fingerprint density at radius 3 is 2.46 bits per heavy atom. The fraction of sp³-hybridized carbons (Fsp3) is 0.529. The van der Waals surface area contributed by atoms with E-state index in [1.165, 1.54) is 19.6 Å². The van der Waals surface area contributed by atoms with Gasteiger partial charge in [0.25, 0.3) is 0 Å². The first-order valence-corrected chi connectivity index (χ1v) is 9.78. The van der Waals surface area contributed by atoms with Gasteiger partial charge in [-0.15, -0.1) is 46.7 Å². The molecule has 2 aromatic rings. The van der Waals surface area contributed by atoms with Crippen LogP contribution in [-0.4, -0.2) is 24.0 Å². The number of hydrogen-bond acceptors (Lipinski definition) is 4. The summed E-state index contributed by atoms with van der Waals surface area (Å²) >= 11 is 3.63. The van der Waals surface area contributed by atoms with E-state index in [2.05, 4.69) is 60.4 Å². The molecule has 2 N–H and O–H groups in total. The molecule has 0 aliphatic carbocycles. The molecule has 0 saturated carbocycles. The lowest BCUT2D eigenvalue weighted by Gasteiger charge is -2.10. The molecule has 134 valence electrons. The number of halogens is 1. The van der Waals surface area contributed by atoms with Crippen LogP contribution in [-0.2, 0) is 19.4 Å². The zero-order valence-corrected chi connectivity index (χ0v) is 18.8. The summed E-state index contributed by atoms with van der Waals surface area (Å²) in [7, 11) is 0. The number of nitrogens with zero attached hydrogens (tertiary/aromatic N) is 2. The molecule has 0 amide bonds. The third kappa shape index (κ3) is 6.68. The van der Waals surface area contributed by atoms with Crippen molar-refractivity contribution >= 4 is 52.6 Å². The van der Waals surface area contributed by atoms with Crippen molar-refractivity contribution in [1.29, 1.82) is 0 Å². The molecule has 0 unspecified atom stereocenters. The average Bonchev–Trinajstić information content (AvgIpc) is 3.12. The molecule has 0 spiro atoms. The number of thiophene rings is 1. The first kappa shape index (κ1) is 21.4. The monoisotopic (exact) mass is 478 g/mol. The fourth-order valence-corrected chi connectivity index (χ4v) is 3.95. The van der Waals surface area contributed by atoms with Gasteiger partial charge in [0.2, 0.25) is 0 Å². The molecule has 0 fully saturated rings. The maximum absolute atomic E-state index is 4.67. The van der Waals surface area contributed by atoms with Crippen LogP contribution < -0.4 is 10.6 Å². The second kappa shape index (κ2) is 11.0. The zero-order valence-electron chi connectivity index (χ0n) is 14.8. The number of aromatic nitrogens is 1. The van der Waals surface area contributed by atoms with Crippen molar-refractivity contribution in [3.63, 3.8) is 0 Å². The van der Waals surface area contributed by atoms with Gasteiger partial charge in [-0.1, -0.05) is 6.92 Å². The first-order valence-electron chi connectivity index (χ1n) is 8.15. The number of thiazole rings is 1. The van der Waals surface area contributed by atoms with E-state index in [-0.39, 0.29) is 24.0 Å². The van der Waals surface area contributed by atoms with Crippen LogP contribution in [0.2, 0.25) is 0 Å². The van der Waals surface area contributed by atoms with E-state index in [4.69, 9.17) is 0 Å². The molecule has 24 heavy (non-hydrogen) atoms. The van der Waals surface area contributed by atoms with Crippen molar-refractivity contribution in [3.8, 4) is 0 Å². The van der Waals surface area contributed by atoms with Gasteiger partial charge in [0.1, 0.15) is 0 Å². The van der Waals surface area contributed by atoms with E-state index < -0.39 is 0 Å². The lowest BCUT2D eigenvalue weighted by atomic mass is 10.4. The Morgan fingerprint density at radius 1 is 1.12 bits per heavy atom. The van der Waals surface area contributed by atoms with Crippen molar-refractivity contribution < 1.29 is 0 Å². The van der Waals surface area contributed by atoms with Crippen molar-refractivity contribution in [1.82, 2.24) is 15.6 Å². The molecule has 0 saturated heterocycles. The Morgan fingerprint density at radius 2 is 1.88 bits per heavy atom. The van der Waals surface area contributed by atoms with Gasteiger partial charge in [0, 0.05) is 34.1 Å². The van der Waals surface area contributed by atoms with E-state index in [1.54, 1.807) is 11.3 Å². The second-order valence-corrected chi connectivity index (χ2v) is 7.88. The van der Waals surface area contributed by atoms with Crippen LogP contribution >= 0.6 is 46.7 Å². The van der Waals surface area contributed by atoms with Crippen LogP contribution in [0.4, 0.5) is 0 Å². The average molecular weight is 478 g/mol. The highest BCUT2D eigenvalue weighted by atomic mass is 127. The molecule has 4 nitrogen and oxygen atoms in total. The van der Waals surface area contributed by atoms with Crippen LogP contribution in [0.25, 0.3) is 0 Å². The minimum atomic E-state index is 0. The highest BCUT2D eigenvalue weighted by Gasteiger charge is 2.04. The standard InChI is InChI=1S/C17H26N4S2.HI/c1-5-14-7-8-15(23-14)11-20-17(18-6-2)19-10-9-16-21-12(3)13(4)22-16;/h7-8H,5-6,9-11H2,1-4H3,(H2,18,19,20);1H. The van der Waals surface area contributed by atoms with Gasteiger partial charge in [-0.25, -0.2) is 9.98 Å². The Hall–Kier alpha value is -0.670. The van der Waals surface area contributed by atoms with Gasteiger partial charge in [0.15, 0.2) is 5.96 Å². The Balaban J connectivity index is 0.00000288. The topological polar surface area (TPSA) is 49.3 Å². The molecule has 0 bridgehead atoms. The molecule has 2 rings (SSSR count). The smallest absolute Gasteiger partial charge is 0.191 e. The van der Waals surface area contributed by atoms with Gasteiger partial charge in [-0.05, 0) is 39.3 Å². The van der Waals surface area contributed by atoms with Crippen LogP contribution in [0, 0.1) is 13.8 Å². The summed E-state index contributed by atoms with van der Waals surface area (Å²) in [5, 5.41) is 7.89. The summed E-state index contributed by atoms with van der Waals surface area (Å²) in [5.41, 5.74) is 1.15. The molecular formula is C17H27IN4S2. The van der Waals surface area contributed by atoms with Crippen LogP contribution in [0.1, 0.15) is 39.2 Å². The third-order valence-corrected chi connectivity index (χ3v) is 5.85. The molecular weight excluding hydrogens is 451 g/mol. The number of nitrogens with one attached hydrogen (secondary N) is 2. The minimum absolute atomic E-state index is 0. The summed E-state index contributed by atoms with van der Waals surface area (Å²) in [6, 6.07) is 4.38. The van der Waals surface area contributed by atoms with E-state index in [0.29, 0.717) is 0 Å². The number of hydrogen-bond donors (Lipinski definition) is 2. The summed E-state index contributed by atoms with van der Waals surface area (Å²) in [6.07, 6.45) is 2.03. The predicted molar refractivity (Wildman–Crippen MR) is 117 cm³/mol. The van der Waals surface area contributed by atoms with E-state index in [1.807, 2.05) is 11.3 Å². The van der Waals surface area contributed by atoms with Gasteiger partial charge in [-0.2, -0.15) is 0 Å². The summed E-state index contributed by atoms with van der Waals surface area (Å²) in [5.74, 6) is 0.879. The van der Waals surface area contributed by atoms with Crippen molar-refractivity contribution in [2.45, 2.75) is 47.1 Å². The number of rotatable bonds is 7. The third-order valence-electron chi connectivity index (χ3n) is 3.51. The molecule has 0 aliphatic heterocycles. The lowest BCUT2D eigenvalue weighted by molar-refractivity contribution is 0.796. The van der Waals surface area contributed by atoms with Crippen molar-refractivity contribution in [2.24, 2.45) is 4.99 Å². The van der Waals surface area contributed by atoms with E-state index in [0.717, 1.165) is 44.1 Å². The molecule has 0 aromatic carbocycles. The van der Waals surface area contributed by atoms with Gasteiger partial charge < -0.3 is 10.6 Å². The largest absolute Gasteiger partial charge is 0.357 e. The fourth-order valence-electron chi connectivity index (χ4n) is 2.13. The highest BCUT2D eigenvalue weighted by molar-refractivity contribution is 14.0. The molecule has 2 aromatic heterocycles. The second-order valence-electron chi connectivity index (χ2n) is 5.34. The number of guanidine groups is 1. The quantitative estimate of drug-likeness (QED) is 0.355. The number of aliphatic imine (C=N–C) groups is 1. The maximum Gasteiger partial charge on any atom is 0.191 e. The van der Waals surface area contributed by atoms with E-state index >= 15 is 0 Å². The van der Waals surface area contributed by atoms with E-state index in [9.17, 15) is 0 Å². The molecule has 0 aliphatic rings. The van der Waals surface area contributed by atoms with Gasteiger partial charge in [-0.3, -0.25) is 0 Å². The summed E-state index contributed by atoms with van der Waals surface area (Å²) in [4.78, 5) is 13.3. The Kier molecular flexibility index (Phi) is 9.84. The summed E-state index contributed by atoms with van der Waals surface area (Å²) in [6.45, 7) is 10.9. The molecule has 0 radical (unpaired) electrons. The van der Waals surface area contributed by atoms with Crippen molar-refractivity contribution in [3.05, 3.63) is 37.5 Å². The number of aryl methyl sites for hydroxylation is 3. The van der Waals surface area contributed by atoms with Crippen LogP contribution in [0.5, 0.6) is 0 Å². The van der Waals surface area contributed by atoms with Crippen molar-refractivity contribution in [2.75, 3.05) is 13.1 Å².